The average molecular weight is 314 g/mol. The molecule has 0 unspecified atom stereocenters. The number of nitrogens with one attached hydrogen (secondary N) is 1. The lowest BCUT2D eigenvalue weighted by atomic mass is 9.81. The van der Waals surface area contributed by atoms with Crippen LogP contribution in [0.15, 0.2) is 29.9 Å². The molecule has 1 saturated heterocycles. The zero-order valence-corrected chi connectivity index (χ0v) is 12.6. The van der Waals surface area contributed by atoms with Crippen molar-refractivity contribution < 1.29 is 9.53 Å². The highest BCUT2D eigenvalue weighted by Gasteiger charge is 2.40. The Labute approximate surface area is 131 Å². The van der Waals surface area contributed by atoms with Crippen LogP contribution in [0.4, 0.5) is 5.82 Å². The largest absolute Gasteiger partial charge is 0.381 e. The molecule has 0 atom stereocenters. The van der Waals surface area contributed by atoms with Crippen molar-refractivity contribution in [2.45, 2.75) is 12.8 Å². The number of amides is 1. The van der Waals surface area contributed by atoms with Gasteiger partial charge in [-0.25, -0.2) is 4.98 Å². The van der Waals surface area contributed by atoms with Crippen molar-refractivity contribution in [2.24, 2.45) is 5.41 Å². The van der Waals surface area contributed by atoms with Crippen molar-refractivity contribution in [2.75, 3.05) is 18.5 Å². The van der Waals surface area contributed by atoms with Gasteiger partial charge < -0.3 is 10.1 Å². The van der Waals surface area contributed by atoms with Crippen LogP contribution in [0.2, 0.25) is 0 Å². The molecule has 1 aliphatic heterocycles. The van der Waals surface area contributed by atoms with Crippen molar-refractivity contribution in [3.05, 3.63) is 29.9 Å². The molecule has 0 saturated carbocycles. The Morgan fingerprint density at radius 2 is 2.09 bits per heavy atom. The average Bonchev–Trinajstić information content (AvgIpc) is 3.05. The van der Waals surface area contributed by atoms with Crippen LogP contribution in [0.25, 0.3) is 10.6 Å². The van der Waals surface area contributed by atoms with Gasteiger partial charge in [-0.15, -0.1) is 11.3 Å². The predicted molar refractivity (Wildman–Crippen MR) is 82.1 cm³/mol. The van der Waals surface area contributed by atoms with Gasteiger partial charge in [-0.05, 0) is 25.0 Å². The molecule has 3 heterocycles. The van der Waals surface area contributed by atoms with Crippen LogP contribution in [0.1, 0.15) is 12.8 Å². The monoisotopic (exact) mass is 314 g/mol. The van der Waals surface area contributed by atoms with E-state index in [4.69, 9.17) is 4.74 Å². The third-order valence-electron chi connectivity index (χ3n) is 3.67. The number of pyridine rings is 1. The number of nitriles is 1. The summed E-state index contributed by atoms with van der Waals surface area (Å²) in [7, 11) is 0. The molecule has 7 heteroatoms. The second-order valence-corrected chi connectivity index (χ2v) is 5.89. The Morgan fingerprint density at radius 1 is 1.36 bits per heavy atom. The van der Waals surface area contributed by atoms with E-state index in [0.717, 1.165) is 10.6 Å². The normalized spacial score (nSPS) is 16.7. The minimum atomic E-state index is -1.02. The molecule has 0 aromatic carbocycles. The summed E-state index contributed by atoms with van der Waals surface area (Å²) in [5.74, 6) is 0.174. The summed E-state index contributed by atoms with van der Waals surface area (Å²) in [6.07, 6.45) is 4.22. The number of rotatable bonds is 3. The number of carbonyl (C=O) groups is 1. The summed E-state index contributed by atoms with van der Waals surface area (Å²) < 4.78 is 5.24. The maximum atomic E-state index is 12.4. The summed E-state index contributed by atoms with van der Waals surface area (Å²) in [4.78, 5) is 20.8. The molecule has 3 rings (SSSR count). The fraction of sp³-hybridized carbons (Fsp3) is 0.333. The van der Waals surface area contributed by atoms with E-state index in [9.17, 15) is 10.1 Å². The second kappa shape index (κ2) is 6.22. The van der Waals surface area contributed by atoms with Crippen LogP contribution >= 0.6 is 11.3 Å². The van der Waals surface area contributed by atoms with Crippen LogP contribution < -0.4 is 5.32 Å². The van der Waals surface area contributed by atoms with Gasteiger partial charge in [-0.1, -0.05) is 0 Å². The number of aromatic nitrogens is 2. The number of ether oxygens (including phenoxy) is 1. The SMILES string of the molecule is N#CC1(C(=O)Nc2csc(-c3ccncc3)n2)CCOCC1. The molecule has 1 fully saturated rings. The van der Waals surface area contributed by atoms with Crippen molar-refractivity contribution in [1.82, 2.24) is 9.97 Å². The summed E-state index contributed by atoms with van der Waals surface area (Å²) >= 11 is 1.44. The summed E-state index contributed by atoms with van der Waals surface area (Å²) in [5.41, 5.74) is -0.0693. The first-order valence-electron chi connectivity index (χ1n) is 6.90. The van der Waals surface area contributed by atoms with Crippen LogP contribution in [0, 0.1) is 16.7 Å². The zero-order chi connectivity index (χ0) is 15.4. The Morgan fingerprint density at radius 3 is 2.77 bits per heavy atom. The number of carbonyl (C=O) groups excluding carboxylic acids is 1. The highest BCUT2D eigenvalue weighted by atomic mass is 32.1. The minimum Gasteiger partial charge on any atom is -0.381 e. The van der Waals surface area contributed by atoms with Gasteiger partial charge in [0.15, 0.2) is 0 Å². The minimum absolute atomic E-state index is 0.301. The van der Waals surface area contributed by atoms with Crippen molar-refractivity contribution in [1.29, 1.82) is 5.26 Å². The Balaban J connectivity index is 1.75. The van der Waals surface area contributed by atoms with Gasteiger partial charge >= 0.3 is 0 Å². The molecule has 22 heavy (non-hydrogen) atoms. The molecule has 1 N–H and O–H groups in total. The van der Waals surface area contributed by atoms with E-state index in [2.05, 4.69) is 21.4 Å². The first-order valence-corrected chi connectivity index (χ1v) is 7.78. The van der Waals surface area contributed by atoms with Gasteiger partial charge in [0, 0.05) is 36.6 Å². The summed E-state index contributed by atoms with van der Waals surface area (Å²) in [6.45, 7) is 0.862. The lowest BCUT2D eigenvalue weighted by Crippen LogP contribution is -2.40. The summed E-state index contributed by atoms with van der Waals surface area (Å²) in [5, 5.41) is 14.7. The van der Waals surface area contributed by atoms with Crippen molar-refractivity contribution in [3.63, 3.8) is 0 Å². The van der Waals surface area contributed by atoms with Gasteiger partial charge in [-0.2, -0.15) is 5.26 Å². The molecular formula is C15H14N4O2S. The van der Waals surface area contributed by atoms with Gasteiger partial charge in [0.1, 0.15) is 16.2 Å². The summed E-state index contributed by atoms with van der Waals surface area (Å²) in [6, 6.07) is 5.87. The van der Waals surface area contributed by atoms with Crippen LogP contribution in [-0.4, -0.2) is 29.1 Å². The third-order valence-corrected chi connectivity index (χ3v) is 4.56. The van der Waals surface area contributed by atoms with Gasteiger partial charge in [0.05, 0.1) is 6.07 Å². The first kappa shape index (κ1) is 14.6. The fourth-order valence-corrected chi connectivity index (χ4v) is 3.06. The molecule has 112 valence electrons. The first-order chi connectivity index (χ1) is 10.7. The topological polar surface area (TPSA) is 87.9 Å². The molecule has 0 aliphatic carbocycles. The molecule has 0 bridgehead atoms. The van der Waals surface area contributed by atoms with Crippen LogP contribution in [0.3, 0.4) is 0 Å². The standard InChI is InChI=1S/C15H14N4O2S/c16-10-15(3-7-21-8-4-15)14(20)19-12-9-22-13(18-12)11-1-5-17-6-2-11/h1-2,5-6,9H,3-4,7-8H2,(H,19,20). The Kier molecular flexibility index (Phi) is 4.13. The molecule has 6 nitrogen and oxygen atoms in total. The maximum absolute atomic E-state index is 12.4. The van der Waals surface area contributed by atoms with E-state index < -0.39 is 5.41 Å². The van der Waals surface area contributed by atoms with E-state index in [1.54, 1.807) is 17.8 Å². The number of hydrogen-bond acceptors (Lipinski definition) is 6. The van der Waals surface area contributed by atoms with Gasteiger partial charge in [-0.3, -0.25) is 9.78 Å². The molecular weight excluding hydrogens is 300 g/mol. The third kappa shape index (κ3) is 2.84. The number of anilines is 1. The highest BCUT2D eigenvalue weighted by Crippen LogP contribution is 2.32. The van der Waals surface area contributed by atoms with E-state index in [-0.39, 0.29) is 5.91 Å². The lowest BCUT2D eigenvalue weighted by Gasteiger charge is -2.28. The van der Waals surface area contributed by atoms with Crippen molar-refractivity contribution >= 4 is 23.1 Å². The van der Waals surface area contributed by atoms with E-state index in [0.29, 0.717) is 31.9 Å². The fourth-order valence-electron chi connectivity index (χ4n) is 2.30. The van der Waals surface area contributed by atoms with E-state index >= 15 is 0 Å². The Bertz CT molecular complexity index is 702. The van der Waals surface area contributed by atoms with Crippen LogP contribution in [-0.2, 0) is 9.53 Å². The smallest absolute Gasteiger partial charge is 0.246 e. The lowest BCUT2D eigenvalue weighted by molar-refractivity contribution is -0.126. The van der Waals surface area contributed by atoms with Gasteiger partial charge in [0.25, 0.3) is 0 Å². The van der Waals surface area contributed by atoms with E-state index in [1.165, 1.54) is 11.3 Å². The molecule has 2 aromatic rings. The van der Waals surface area contributed by atoms with Crippen molar-refractivity contribution in [3.8, 4) is 16.6 Å². The zero-order valence-electron chi connectivity index (χ0n) is 11.8. The molecule has 1 amide bonds. The van der Waals surface area contributed by atoms with Gasteiger partial charge in [0.2, 0.25) is 5.91 Å². The maximum Gasteiger partial charge on any atom is 0.246 e. The number of hydrogen-bond donors (Lipinski definition) is 1. The van der Waals surface area contributed by atoms with Crippen LogP contribution in [0.5, 0.6) is 0 Å². The molecule has 0 spiro atoms. The van der Waals surface area contributed by atoms with E-state index in [1.807, 2.05) is 12.1 Å². The number of nitrogens with zero attached hydrogens (tertiary/aromatic N) is 3. The second-order valence-electron chi connectivity index (χ2n) is 5.03. The predicted octanol–water partition coefficient (Wildman–Crippen LogP) is 2.46. The molecule has 2 aromatic heterocycles. The molecule has 0 radical (unpaired) electrons. The number of thiazole rings is 1. The Hall–Kier alpha value is -2.30. The molecule has 1 aliphatic rings. The highest BCUT2D eigenvalue weighted by molar-refractivity contribution is 7.13. The quantitative estimate of drug-likeness (QED) is 0.940.